The van der Waals surface area contributed by atoms with Crippen LogP contribution in [0.4, 0.5) is 0 Å². The molecule has 2 heteroatoms. The van der Waals surface area contributed by atoms with Crippen LogP contribution in [0, 0.1) is 5.92 Å². The maximum Gasteiger partial charge on any atom is 0.135 e. The fourth-order valence-electron chi connectivity index (χ4n) is 0.907. The number of rotatable bonds is 5. The van der Waals surface area contributed by atoms with Gasteiger partial charge in [-0.05, 0) is 12.8 Å². The second-order valence-corrected chi connectivity index (χ2v) is 2.59. The van der Waals surface area contributed by atoms with Crippen LogP contribution in [0.5, 0.6) is 0 Å². The van der Waals surface area contributed by atoms with E-state index < -0.39 is 0 Å². The Morgan fingerprint density at radius 1 is 1.60 bits per heavy atom. The van der Waals surface area contributed by atoms with Crippen molar-refractivity contribution in [3.63, 3.8) is 0 Å². The molecule has 60 valence electrons. The lowest BCUT2D eigenvalue weighted by Gasteiger charge is -2.06. The van der Waals surface area contributed by atoms with Crippen LogP contribution in [-0.4, -0.2) is 17.5 Å². The van der Waals surface area contributed by atoms with E-state index >= 15 is 0 Å². The summed E-state index contributed by atoms with van der Waals surface area (Å²) >= 11 is 0. The van der Waals surface area contributed by atoms with Gasteiger partial charge in [0.25, 0.3) is 0 Å². The second-order valence-electron chi connectivity index (χ2n) is 2.59. The third kappa shape index (κ3) is 3.62. The minimum absolute atomic E-state index is 0.136. The van der Waals surface area contributed by atoms with Gasteiger partial charge in [-0.15, -0.1) is 0 Å². The van der Waals surface area contributed by atoms with Crippen LogP contribution in [-0.2, 0) is 4.79 Å². The highest BCUT2D eigenvalue weighted by Crippen LogP contribution is 2.07. The van der Waals surface area contributed by atoms with Crippen LogP contribution in [0.15, 0.2) is 0 Å². The van der Waals surface area contributed by atoms with Crippen molar-refractivity contribution >= 4 is 5.78 Å². The van der Waals surface area contributed by atoms with Gasteiger partial charge in [-0.2, -0.15) is 0 Å². The number of aliphatic hydroxyl groups excluding tert-OH is 1. The third-order valence-electron chi connectivity index (χ3n) is 1.69. The second kappa shape index (κ2) is 5.42. The molecule has 0 rings (SSSR count). The number of Topliss-reactive ketones (excluding diaryl/α,β-unsaturated/α-hetero) is 1. The van der Waals surface area contributed by atoms with E-state index in [1.165, 1.54) is 0 Å². The molecule has 0 aliphatic carbocycles. The molecule has 0 fully saturated rings. The van der Waals surface area contributed by atoms with Crippen molar-refractivity contribution in [3.05, 3.63) is 0 Å². The normalized spacial score (nSPS) is 13.1. The fraction of sp³-hybridized carbons (Fsp3) is 0.875. The maximum absolute atomic E-state index is 10.9. The summed E-state index contributed by atoms with van der Waals surface area (Å²) in [5.41, 5.74) is 0. The minimum atomic E-state index is 0.136. The molecule has 0 heterocycles. The first-order valence-electron chi connectivity index (χ1n) is 3.86. The molecule has 1 N–H and O–H groups in total. The molecule has 0 amide bonds. The van der Waals surface area contributed by atoms with Gasteiger partial charge < -0.3 is 5.11 Å². The van der Waals surface area contributed by atoms with Crippen molar-refractivity contribution in [2.45, 2.75) is 33.1 Å². The Labute approximate surface area is 62.2 Å². The highest BCUT2D eigenvalue weighted by atomic mass is 16.2. The predicted octanol–water partition coefficient (Wildman–Crippen LogP) is 1.37. The van der Waals surface area contributed by atoms with Crippen molar-refractivity contribution in [3.8, 4) is 0 Å². The van der Waals surface area contributed by atoms with Crippen molar-refractivity contribution in [2.75, 3.05) is 6.61 Å². The van der Waals surface area contributed by atoms with E-state index in [1.807, 2.05) is 13.8 Å². The van der Waals surface area contributed by atoms with Crippen LogP contribution >= 0.6 is 0 Å². The van der Waals surface area contributed by atoms with Crippen LogP contribution in [0.25, 0.3) is 0 Å². The first kappa shape index (κ1) is 9.63. The Kier molecular flexibility index (Phi) is 5.22. The predicted molar refractivity (Wildman–Crippen MR) is 40.8 cm³/mol. The van der Waals surface area contributed by atoms with Crippen molar-refractivity contribution in [1.82, 2.24) is 0 Å². The summed E-state index contributed by atoms with van der Waals surface area (Å²) in [5, 5.41) is 8.46. The lowest BCUT2D eigenvalue weighted by Crippen LogP contribution is -2.09. The molecule has 0 spiro atoms. The van der Waals surface area contributed by atoms with Crippen LogP contribution < -0.4 is 0 Å². The number of hydrogen-bond acceptors (Lipinski definition) is 2. The van der Waals surface area contributed by atoms with Gasteiger partial charge in [0.2, 0.25) is 0 Å². The van der Waals surface area contributed by atoms with Crippen molar-refractivity contribution in [1.29, 1.82) is 0 Å². The highest BCUT2D eigenvalue weighted by molar-refractivity contribution is 5.80. The molecule has 0 saturated carbocycles. The average Bonchev–Trinajstić information content (AvgIpc) is 1.98. The standard InChI is InChI=1S/C8H16O2/c1-3-8(10)7(2)5-4-6-9/h7,9H,3-6H2,1-2H3. The van der Waals surface area contributed by atoms with E-state index in [9.17, 15) is 4.79 Å². The lowest BCUT2D eigenvalue weighted by atomic mass is 9.99. The minimum Gasteiger partial charge on any atom is -0.396 e. The van der Waals surface area contributed by atoms with Gasteiger partial charge in [0.1, 0.15) is 5.78 Å². The van der Waals surface area contributed by atoms with E-state index in [2.05, 4.69) is 0 Å². The fourth-order valence-corrected chi connectivity index (χ4v) is 0.907. The molecule has 0 aromatic carbocycles. The number of hydrogen-bond donors (Lipinski definition) is 1. The largest absolute Gasteiger partial charge is 0.396 e. The van der Waals surface area contributed by atoms with Crippen LogP contribution in [0.2, 0.25) is 0 Å². The van der Waals surface area contributed by atoms with Crippen molar-refractivity contribution in [2.24, 2.45) is 5.92 Å². The lowest BCUT2D eigenvalue weighted by molar-refractivity contribution is -0.122. The summed E-state index contributed by atoms with van der Waals surface area (Å²) in [6.07, 6.45) is 2.18. The Balaban J connectivity index is 3.41. The van der Waals surface area contributed by atoms with Gasteiger partial charge >= 0.3 is 0 Å². The molecule has 10 heavy (non-hydrogen) atoms. The Bertz CT molecular complexity index is 99.4. The molecule has 0 aliphatic rings. The molecular weight excluding hydrogens is 128 g/mol. The van der Waals surface area contributed by atoms with E-state index in [4.69, 9.17) is 5.11 Å². The highest BCUT2D eigenvalue weighted by Gasteiger charge is 2.08. The summed E-state index contributed by atoms with van der Waals surface area (Å²) in [7, 11) is 0. The smallest absolute Gasteiger partial charge is 0.135 e. The number of carbonyl (C=O) groups excluding carboxylic acids is 1. The summed E-state index contributed by atoms with van der Waals surface area (Å²) in [4.78, 5) is 10.9. The first-order valence-corrected chi connectivity index (χ1v) is 3.86. The molecule has 0 saturated heterocycles. The van der Waals surface area contributed by atoms with E-state index in [1.54, 1.807) is 0 Å². The topological polar surface area (TPSA) is 37.3 Å². The Morgan fingerprint density at radius 2 is 2.20 bits per heavy atom. The quantitative estimate of drug-likeness (QED) is 0.632. The summed E-state index contributed by atoms with van der Waals surface area (Å²) in [5.74, 6) is 0.436. The molecule has 1 atom stereocenters. The zero-order valence-corrected chi connectivity index (χ0v) is 6.76. The SMILES string of the molecule is CCC(=O)C(C)CCCO. The summed E-state index contributed by atoms with van der Waals surface area (Å²) < 4.78 is 0. The molecule has 0 aromatic heterocycles. The number of ketones is 1. The van der Waals surface area contributed by atoms with Gasteiger partial charge in [0, 0.05) is 18.9 Å². The first-order chi connectivity index (χ1) is 4.72. The Morgan fingerprint density at radius 3 is 2.60 bits per heavy atom. The maximum atomic E-state index is 10.9. The van der Waals surface area contributed by atoms with Crippen LogP contribution in [0.1, 0.15) is 33.1 Å². The van der Waals surface area contributed by atoms with E-state index in [-0.39, 0.29) is 12.5 Å². The van der Waals surface area contributed by atoms with E-state index in [0.29, 0.717) is 12.2 Å². The van der Waals surface area contributed by atoms with Crippen LogP contribution in [0.3, 0.4) is 0 Å². The molecular formula is C8H16O2. The number of carbonyl (C=O) groups is 1. The third-order valence-corrected chi connectivity index (χ3v) is 1.69. The zero-order chi connectivity index (χ0) is 7.98. The van der Waals surface area contributed by atoms with Gasteiger partial charge in [-0.1, -0.05) is 13.8 Å². The summed E-state index contributed by atoms with van der Waals surface area (Å²) in [6.45, 7) is 3.99. The monoisotopic (exact) mass is 144 g/mol. The van der Waals surface area contributed by atoms with Gasteiger partial charge in [-0.25, -0.2) is 0 Å². The molecule has 0 radical (unpaired) electrons. The van der Waals surface area contributed by atoms with Gasteiger partial charge in [0.15, 0.2) is 0 Å². The molecule has 0 aliphatic heterocycles. The molecule has 2 nitrogen and oxygen atoms in total. The molecule has 0 aromatic rings. The Hall–Kier alpha value is -0.370. The average molecular weight is 144 g/mol. The molecule has 1 unspecified atom stereocenters. The number of aliphatic hydroxyl groups is 1. The van der Waals surface area contributed by atoms with Gasteiger partial charge in [0.05, 0.1) is 0 Å². The van der Waals surface area contributed by atoms with E-state index in [0.717, 1.165) is 12.8 Å². The molecule has 0 bridgehead atoms. The van der Waals surface area contributed by atoms with Gasteiger partial charge in [-0.3, -0.25) is 4.79 Å². The summed E-state index contributed by atoms with van der Waals surface area (Å²) in [6, 6.07) is 0. The van der Waals surface area contributed by atoms with Crippen molar-refractivity contribution < 1.29 is 9.90 Å². The zero-order valence-electron chi connectivity index (χ0n) is 6.76.